The molecule has 6 nitrogen and oxygen atoms in total. The zero-order valence-electron chi connectivity index (χ0n) is 17.6. The topological polar surface area (TPSA) is 67.2 Å². The predicted molar refractivity (Wildman–Crippen MR) is 121 cm³/mol. The first kappa shape index (κ1) is 20.1. The highest BCUT2D eigenvalue weighted by Crippen LogP contribution is 2.27. The van der Waals surface area contributed by atoms with Gasteiger partial charge in [0, 0.05) is 24.2 Å². The van der Waals surface area contributed by atoms with Crippen molar-refractivity contribution in [3.63, 3.8) is 0 Å². The Hall–Kier alpha value is -3.15. The molecule has 2 aromatic carbocycles. The fraction of sp³-hybridized carbons (Fsp3) is 0.375. The zero-order valence-corrected chi connectivity index (χ0v) is 17.6. The highest BCUT2D eigenvalue weighted by atomic mass is 16.2. The van der Waals surface area contributed by atoms with Gasteiger partial charge in [0.1, 0.15) is 12.4 Å². The zero-order chi connectivity index (χ0) is 21.1. The van der Waals surface area contributed by atoms with Gasteiger partial charge < -0.3 is 10.2 Å². The van der Waals surface area contributed by atoms with Crippen molar-refractivity contribution >= 4 is 28.3 Å². The number of hydrogen-bond acceptors (Lipinski definition) is 4. The van der Waals surface area contributed by atoms with E-state index in [2.05, 4.69) is 29.0 Å². The van der Waals surface area contributed by atoms with Gasteiger partial charge in [-0.3, -0.25) is 9.36 Å². The third-order valence-electron chi connectivity index (χ3n) is 5.77. The molecule has 1 N–H and O–H groups in total. The lowest BCUT2D eigenvalue weighted by Gasteiger charge is -2.32. The van der Waals surface area contributed by atoms with Crippen LogP contribution in [0.4, 0.5) is 11.5 Å². The molecule has 1 aromatic heterocycles. The minimum atomic E-state index is -0.390. The maximum atomic E-state index is 12.9. The van der Waals surface area contributed by atoms with Gasteiger partial charge in [-0.05, 0) is 55.0 Å². The van der Waals surface area contributed by atoms with E-state index in [-0.39, 0.29) is 12.5 Å². The number of benzene rings is 2. The van der Waals surface area contributed by atoms with Gasteiger partial charge in [0.15, 0.2) is 0 Å². The lowest BCUT2D eigenvalue weighted by molar-refractivity contribution is -0.116. The summed E-state index contributed by atoms with van der Waals surface area (Å²) in [6.07, 6.45) is 3.24. The Balaban J connectivity index is 1.62. The molecule has 1 amide bonds. The normalized spacial score (nSPS) is 16.6. The van der Waals surface area contributed by atoms with E-state index in [4.69, 9.17) is 0 Å². The second-order valence-corrected chi connectivity index (χ2v) is 8.11. The standard InChI is InChI=1S/C24H28N4O2/c1-3-18-10-12-19(13-11-18)25-22(29)16-28-21-9-5-4-8-20(21)23(26-24(28)30)27-14-6-7-17(2)15-27/h4-5,8-13,17H,3,6-7,14-16H2,1-2H3,(H,25,29)/t17-/m1/s1. The molecule has 0 aliphatic carbocycles. The molecule has 30 heavy (non-hydrogen) atoms. The van der Waals surface area contributed by atoms with Gasteiger partial charge >= 0.3 is 5.69 Å². The summed E-state index contributed by atoms with van der Waals surface area (Å²) in [6.45, 7) is 6.05. The number of carbonyl (C=O) groups excluding carboxylic acids is 1. The number of hydrogen-bond donors (Lipinski definition) is 1. The first-order valence-electron chi connectivity index (χ1n) is 10.7. The molecule has 1 fully saturated rings. The summed E-state index contributed by atoms with van der Waals surface area (Å²) in [4.78, 5) is 32.1. The SMILES string of the molecule is CCc1ccc(NC(=O)Cn2c(=O)nc(N3CCC[C@@H](C)C3)c3ccccc32)cc1. The molecule has 0 bridgehead atoms. The first-order valence-corrected chi connectivity index (χ1v) is 10.7. The Morgan fingerprint density at radius 2 is 1.93 bits per heavy atom. The minimum absolute atomic E-state index is 0.0709. The summed E-state index contributed by atoms with van der Waals surface area (Å²) in [6, 6.07) is 15.5. The van der Waals surface area contributed by atoms with Crippen LogP contribution in [0.15, 0.2) is 53.3 Å². The number of carbonyl (C=O) groups is 1. The third-order valence-corrected chi connectivity index (χ3v) is 5.77. The number of anilines is 2. The van der Waals surface area contributed by atoms with Gasteiger partial charge in [-0.1, -0.05) is 38.1 Å². The van der Waals surface area contributed by atoms with E-state index in [0.717, 1.165) is 48.3 Å². The van der Waals surface area contributed by atoms with Gasteiger partial charge in [-0.2, -0.15) is 4.98 Å². The summed E-state index contributed by atoms with van der Waals surface area (Å²) in [5, 5.41) is 3.79. The molecule has 4 rings (SSSR count). The molecule has 1 aliphatic heterocycles. The van der Waals surface area contributed by atoms with Crippen molar-refractivity contribution in [2.75, 3.05) is 23.3 Å². The highest BCUT2D eigenvalue weighted by Gasteiger charge is 2.21. The Bertz CT molecular complexity index is 1100. The largest absolute Gasteiger partial charge is 0.356 e. The molecule has 1 saturated heterocycles. The number of fused-ring (bicyclic) bond motifs is 1. The van der Waals surface area contributed by atoms with E-state index < -0.39 is 5.69 Å². The number of rotatable bonds is 5. The number of nitrogens with one attached hydrogen (secondary N) is 1. The van der Waals surface area contributed by atoms with E-state index in [1.807, 2.05) is 48.5 Å². The molecule has 1 atom stereocenters. The van der Waals surface area contributed by atoms with E-state index in [0.29, 0.717) is 5.92 Å². The predicted octanol–water partition coefficient (Wildman–Crippen LogP) is 3.83. The molecule has 0 radical (unpaired) electrons. The van der Waals surface area contributed by atoms with Crippen molar-refractivity contribution in [3.8, 4) is 0 Å². The van der Waals surface area contributed by atoms with Crippen LogP contribution in [-0.4, -0.2) is 28.5 Å². The van der Waals surface area contributed by atoms with Crippen LogP contribution in [0.3, 0.4) is 0 Å². The second kappa shape index (κ2) is 8.69. The molecule has 1 aliphatic rings. The Labute approximate surface area is 176 Å². The molecule has 6 heteroatoms. The number of para-hydroxylation sites is 1. The fourth-order valence-electron chi connectivity index (χ4n) is 4.16. The molecule has 0 unspecified atom stereocenters. The fourth-order valence-corrected chi connectivity index (χ4v) is 4.16. The van der Waals surface area contributed by atoms with E-state index in [1.165, 1.54) is 16.6 Å². The van der Waals surface area contributed by atoms with Crippen LogP contribution in [0.2, 0.25) is 0 Å². The first-order chi connectivity index (χ1) is 14.5. The maximum Gasteiger partial charge on any atom is 0.350 e. The van der Waals surface area contributed by atoms with Gasteiger partial charge in [-0.25, -0.2) is 4.79 Å². The summed E-state index contributed by atoms with van der Waals surface area (Å²) in [5.41, 5.74) is 2.28. The number of nitrogens with zero attached hydrogens (tertiary/aromatic N) is 3. The molecule has 2 heterocycles. The molecule has 156 valence electrons. The monoisotopic (exact) mass is 404 g/mol. The number of amides is 1. The molecular weight excluding hydrogens is 376 g/mol. The lowest BCUT2D eigenvalue weighted by Crippen LogP contribution is -2.38. The van der Waals surface area contributed by atoms with Crippen LogP contribution < -0.4 is 15.9 Å². The minimum Gasteiger partial charge on any atom is -0.356 e. The van der Waals surface area contributed by atoms with Crippen molar-refractivity contribution in [3.05, 3.63) is 64.6 Å². The van der Waals surface area contributed by atoms with Gasteiger partial charge in [-0.15, -0.1) is 0 Å². The lowest BCUT2D eigenvalue weighted by atomic mass is 10.00. The van der Waals surface area contributed by atoms with Crippen LogP contribution in [0.5, 0.6) is 0 Å². The van der Waals surface area contributed by atoms with Crippen LogP contribution in [0.25, 0.3) is 10.9 Å². The second-order valence-electron chi connectivity index (χ2n) is 8.11. The average molecular weight is 405 g/mol. The van der Waals surface area contributed by atoms with E-state index in [9.17, 15) is 9.59 Å². The van der Waals surface area contributed by atoms with Crippen LogP contribution in [-0.2, 0) is 17.8 Å². The van der Waals surface area contributed by atoms with Crippen molar-refractivity contribution in [2.45, 2.75) is 39.7 Å². The van der Waals surface area contributed by atoms with Gasteiger partial charge in [0.05, 0.1) is 5.52 Å². The van der Waals surface area contributed by atoms with Crippen LogP contribution in [0.1, 0.15) is 32.3 Å². The molecular formula is C24H28N4O2. The van der Waals surface area contributed by atoms with E-state index in [1.54, 1.807) is 0 Å². The molecule has 0 spiro atoms. The van der Waals surface area contributed by atoms with Gasteiger partial charge in [0.2, 0.25) is 5.91 Å². The Morgan fingerprint density at radius 1 is 1.17 bits per heavy atom. The summed E-state index contributed by atoms with van der Waals surface area (Å²) in [5.74, 6) is 1.06. The summed E-state index contributed by atoms with van der Waals surface area (Å²) in [7, 11) is 0. The van der Waals surface area contributed by atoms with Crippen LogP contribution >= 0.6 is 0 Å². The van der Waals surface area contributed by atoms with Crippen molar-refractivity contribution in [1.29, 1.82) is 0 Å². The van der Waals surface area contributed by atoms with Crippen LogP contribution in [0, 0.1) is 5.92 Å². The number of piperidine rings is 1. The maximum absolute atomic E-state index is 12.9. The van der Waals surface area contributed by atoms with Crippen molar-refractivity contribution < 1.29 is 4.79 Å². The molecule has 3 aromatic rings. The van der Waals surface area contributed by atoms with E-state index >= 15 is 0 Å². The highest BCUT2D eigenvalue weighted by molar-refractivity contribution is 5.93. The Morgan fingerprint density at radius 3 is 2.67 bits per heavy atom. The third kappa shape index (κ3) is 4.22. The Kier molecular flexibility index (Phi) is 5.84. The average Bonchev–Trinajstić information content (AvgIpc) is 2.76. The molecule has 0 saturated carbocycles. The quantitative estimate of drug-likeness (QED) is 0.702. The summed E-state index contributed by atoms with van der Waals surface area (Å²) >= 11 is 0. The summed E-state index contributed by atoms with van der Waals surface area (Å²) < 4.78 is 1.46. The number of aryl methyl sites for hydroxylation is 1. The van der Waals surface area contributed by atoms with Gasteiger partial charge in [0.25, 0.3) is 0 Å². The number of aromatic nitrogens is 2. The smallest absolute Gasteiger partial charge is 0.350 e. The van der Waals surface area contributed by atoms with Crippen molar-refractivity contribution in [1.82, 2.24) is 9.55 Å². The van der Waals surface area contributed by atoms with Crippen molar-refractivity contribution in [2.24, 2.45) is 5.92 Å².